The van der Waals surface area contributed by atoms with Crippen LogP contribution < -0.4 is 4.90 Å². The molecule has 1 atom stereocenters. The average molecular weight is 357 g/mol. The van der Waals surface area contributed by atoms with Gasteiger partial charge in [-0.05, 0) is 40.0 Å². The minimum Gasteiger partial charge on any atom is -0.368 e. The predicted octanol–water partition coefficient (Wildman–Crippen LogP) is 1.87. The van der Waals surface area contributed by atoms with Gasteiger partial charge in [0.05, 0.1) is 5.69 Å². The number of hydrogen-bond donors (Lipinski definition) is 0. The van der Waals surface area contributed by atoms with Crippen LogP contribution in [0.5, 0.6) is 0 Å². The molecule has 4 heterocycles. The Labute approximate surface area is 153 Å². The summed E-state index contributed by atoms with van der Waals surface area (Å²) in [4.78, 5) is 21.6. The Bertz CT molecular complexity index is 825. The van der Waals surface area contributed by atoms with Crippen molar-refractivity contribution in [2.75, 3.05) is 37.7 Å². The third kappa shape index (κ3) is 3.05. The van der Waals surface area contributed by atoms with Crippen LogP contribution in [0.1, 0.15) is 36.2 Å². The zero-order chi connectivity index (χ0) is 18.3. The molecule has 2 aromatic heterocycles. The van der Waals surface area contributed by atoms with Crippen molar-refractivity contribution in [3.8, 4) is 0 Å². The highest BCUT2D eigenvalue weighted by Gasteiger charge is 2.29. The van der Waals surface area contributed by atoms with Crippen molar-refractivity contribution < 1.29 is 9.53 Å². The first-order valence-electron chi connectivity index (χ1n) is 9.53. The standard InChI is InChI=1S/C19H27N5O2/c1-13-12-17(24-18(20-13)14(2)15(3)21-24)22-7-5-8-23(10-9-22)19(25)16-6-4-11-26-16/h12,16H,4-11H2,1-3H3. The summed E-state index contributed by atoms with van der Waals surface area (Å²) in [5.74, 6) is 1.22. The van der Waals surface area contributed by atoms with Crippen molar-refractivity contribution in [2.45, 2.75) is 46.1 Å². The fourth-order valence-corrected chi connectivity index (χ4v) is 3.90. The number of fused-ring (bicyclic) bond motifs is 1. The monoisotopic (exact) mass is 357 g/mol. The van der Waals surface area contributed by atoms with E-state index in [0.29, 0.717) is 6.61 Å². The second-order valence-corrected chi connectivity index (χ2v) is 7.37. The Hall–Kier alpha value is -2.15. The van der Waals surface area contributed by atoms with Crippen LogP contribution in [0.15, 0.2) is 6.07 Å². The van der Waals surface area contributed by atoms with Crippen LogP contribution >= 0.6 is 0 Å². The third-order valence-electron chi connectivity index (χ3n) is 5.50. The molecule has 0 radical (unpaired) electrons. The largest absolute Gasteiger partial charge is 0.368 e. The zero-order valence-electron chi connectivity index (χ0n) is 15.9. The van der Waals surface area contributed by atoms with Gasteiger partial charge in [0, 0.05) is 50.1 Å². The molecule has 0 N–H and O–H groups in total. The van der Waals surface area contributed by atoms with Crippen molar-refractivity contribution in [3.05, 3.63) is 23.0 Å². The second-order valence-electron chi connectivity index (χ2n) is 7.37. The van der Waals surface area contributed by atoms with Crippen molar-refractivity contribution in [3.63, 3.8) is 0 Å². The van der Waals surface area contributed by atoms with E-state index in [9.17, 15) is 4.79 Å². The van der Waals surface area contributed by atoms with Crippen molar-refractivity contribution >= 4 is 17.4 Å². The number of ether oxygens (including phenoxy) is 1. The molecule has 0 aromatic carbocycles. The molecule has 2 aromatic rings. The molecule has 2 saturated heterocycles. The number of amides is 1. The van der Waals surface area contributed by atoms with E-state index in [-0.39, 0.29) is 12.0 Å². The second kappa shape index (κ2) is 6.87. The summed E-state index contributed by atoms with van der Waals surface area (Å²) in [5, 5.41) is 4.69. The number of nitrogens with zero attached hydrogens (tertiary/aromatic N) is 5. The van der Waals surface area contributed by atoms with Gasteiger partial charge in [-0.3, -0.25) is 4.79 Å². The summed E-state index contributed by atoms with van der Waals surface area (Å²) in [5.41, 5.74) is 4.05. The number of aromatic nitrogens is 3. The topological polar surface area (TPSA) is 63.0 Å². The first-order chi connectivity index (χ1) is 12.5. The van der Waals surface area contributed by atoms with Crippen LogP contribution in [0.3, 0.4) is 0 Å². The number of carbonyl (C=O) groups is 1. The van der Waals surface area contributed by atoms with E-state index in [2.05, 4.69) is 28.0 Å². The van der Waals surface area contributed by atoms with Gasteiger partial charge in [0.25, 0.3) is 5.91 Å². The van der Waals surface area contributed by atoms with Crippen molar-refractivity contribution in [1.82, 2.24) is 19.5 Å². The Morgan fingerprint density at radius 1 is 1.15 bits per heavy atom. The summed E-state index contributed by atoms with van der Waals surface area (Å²) in [6.07, 6.45) is 2.56. The average Bonchev–Trinajstić information content (AvgIpc) is 3.17. The lowest BCUT2D eigenvalue weighted by Gasteiger charge is -2.25. The van der Waals surface area contributed by atoms with Gasteiger partial charge >= 0.3 is 0 Å². The van der Waals surface area contributed by atoms with Gasteiger partial charge in [0.15, 0.2) is 5.65 Å². The third-order valence-corrected chi connectivity index (χ3v) is 5.50. The SMILES string of the molecule is Cc1cc(N2CCCN(C(=O)C3CCCO3)CC2)n2nc(C)c(C)c2n1. The minimum atomic E-state index is -0.229. The summed E-state index contributed by atoms with van der Waals surface area (Å²) in [7, 11) is 0. The van der Waals surface area contributed by atoms with Crippen molar-refractivity contribution in [2.24, 2.45) is 0 Å². The summed E-state index contributed by atoms with van der Waals surface area (Å²) >= 11 is 0. The maximum atomic E-state index is 12.7. The fraction of sp³-hybridized carbons (Fsp3) is 0.632. The van der Waals surface area contributed by atoms with Crippen LogP contribution in [0.2, 0.25) is 0 Å². The summed E-state index contributed by atoms with van der Waals surface area (Å²) < 4.78 is 7.54. The van der Waals surface area contributed by atoms with E-state index >= 15 is 0 Å². The number of rotatable bonds is 2. The quantitative estimate of drug-likeness (QED) is 0.821. The summed E-state index contributed by atoms with van der Waals surface area (Å²) in [6, 6.07) is 2.09. The van der Waals surface area contributed by atoms with E-state index in [1.54, 1.807) is 0 Å². The number of aryl methyl sites for hydroxylation is 3. The molecule has 140 valence electrons. The maximum absolute atomic E-state index is 12.7. The normalized spacial score (nSPS) is 21.4. The number of carbonyl (C=O) groups excluding carboxylic acids is 1. The molecular weight excluding hydrogens is 330 g/mol. The maximum Gasteiger partial charge on any atom is 0.251 e. The van der Waals surface area contributed by atoms with E-state index in [1.807, 2.05) is 23.3 Å². The Balaban J connectivity index is 1.57. The van der Waals surface area contributed by atoms with Crippen LogP contribution in [-0.2, 0) is 9.53 Å². The molecule has 2 fully saturated rings. The number of anilines is 1. The lowest BCUT2D eigenvalue weighted by atomic mass is 10.2. The van der Waals surface area contributed by atoms with Crippen LogP contribution in [0, 0.1) is 20.8 Å². The Morgan fingerprint density at radius 2 is 2.00 bits per heavy atom. The van der Waals surface area contributed by atoms with Crippen LogP contribution in [0.4, 0.5) is 5.82 Å². The van der Waals surface area contributed by atoms with Gasteiger partial charge in [-0.2, -0.15) is 9.61 Å². The highest BCUT2D eigenvalue weighted by atomic mass is 16.5. The molecule has 1 amide bonds. The van der Waals surface area contributed by atoms with Crippen molar-refractivity contribution in [1.29, 1.82) is 0 Å². The Morgan fingerprint density at radius 3 is 2.77 bits per heavy atom. The number of hydrogen-bond acceptors (Lipinski definition) is 5. The van der Waals surface area contributed by atoms with Gasteiger partial charge < -0.3 is 14.5 Å². The van der Waals surface area contributed by atoms with Crippen LogP contribution in [0.25, 0.3) is 5.65 Å². The lowest BCUT2D eigenvalue weighted by Crippen LogP contribution is -2.41. The molecule has 2 aliphatic heterocycles. The highest BCUT2D eigenvalue weighted by Crippen LogP contribution is 2.23. The molecule has 7 heteroatoms. The molecule has 0 aliphatic carbocycles. The molecular formula is C19H27N5O2. The lowest BCUT2D eigenvalue weighted by molar-refractivity contribution is -0.140. The molecule has 0 spiro atoms. The van der Waals surface area contributed by atoms with Crippen LogP contribution in [-0.4, -0.2) is 64.3 Å². The zero-order valence-corrected chi connectivity index (χ0v) is 15.9. The predicted molar refractivity (Wildman–Crippen MR) is 99.6 cm³/mol. The first-order valence-corrected chi connectivity index (χ1v) is 9.53. The molecule has 4 rings (SSSR count). The molecule has 1 unspecified atom stereocenters. The van der Waals surface area contributed by atoms with Gasteiger partial charge in [-0.1, -0.05) is 0 Å². The first kappa shape index (κ1) is 17.3. The van der Waals surface area contributed by atoms with E-state index in [4.69, 9.17) is 4.74 Å². The molecule has 7 nitrogen and oxygen atoms in total. The van der Waals surface area contributed by atoms with E-state index in [1.165, 1.54) is 0 Å². The highest BCUT2D eigenvalue weighted by molar-refractivity contribution is 5.81. The minimum absolute atomic E-state index is 0.159. The molecule has 0 saturated carbocycles. The molecule has 0 bridgehead atoms. The van der Waals surface area contributed by atoms with E-state index in [0.717, 1.165) is 73.9 Å². The van der Waals surface area contributed by atoms with Gasteiger partial charge in [-0.15, -0.1) is 0 Å². The van der Waals surface area contributed by atoms with E-state index < -0.39 is 0 Å². The molecule has 2 aliphatic rings. The van der Waals surface area contributed by atoms with Gasteiger partial charge in [0.1, 0.15) is 11.9 Å². The Kier molecular flexibility index (Phi) is 4.56. The van der Waals surface area contributed by atoms with Gasteiger partial charge in [0.2, 0.25) is 0 Å². The summed E-state index contributed by atoms with van der Waals surface area (Å²) in [6.45, 7) is 10.0. The molecule has 26 heavy (non-hydrogen) atoms. The van der Waals surface area contributed by atoms with Gasteiger partial charge in [-0.25, -0.2) is 4.98 Å². The fourth-order valence-electron chi connectivity index (χ4n) is 3.90. The smallest absolute Gasteiger partial charge is 0.251 e.